The molecule has 1 aliphatic heterocycles. The Morgan fingerprint density at radius 1 is 1.42 bits per heavy atom. The average Bonchev–Trinajstić information content (AvgIpc) is 3.31. The third-order valence-electron chi connectivity index (χ3n) is 4.93. The molecule has 0 saturated carbocycles. The summed E-state index contributed by atoms with van der Waals surface area (Å²) < 4.78 is 5.27. The van der Waals surface area contributed by atoms with E-state index in [1.165, 1.54) is 30.3 Å². The van der Waals surface area contributed by atoms with E-state index in [1.54, 1.807) is 18.4 Å². The molecule has 5 nitrogen and oxygen atoms in total. The topological polar surface area (TPSA) is 68.1 Å². The largest absolute Gasteiger partial charge is 0.461 e. The van der Waals surface area contributed by atoms with Crippen LogP contribution in [0.5, 0.6) is 0 Å². The van der Waals surface area contributed by atoms with Crippen LogP contribution >= 0.6 is 0 Å². The maximum atomic E-state index is 8.10. The third kappa shape index (κ3) is 2.83. The van der Waals surface area contributed by atoms with Crippen LogP contribution in [0.1, 0.15) is 24.2 Å². The lowest BCUT2D eigenvalue weighted by atomic mass is 10.0. The van der Waals surface area contributed by atoms with Crippen LogP contribution < -0.4 is 5.32 Å². The van der Waals surface area contributed by atoms with Crippen molar-refractivity contribution in [2.75, 3.05) is 18.9 Å². The predicted molar refractivity (Wildman–Crippen MR) is 96.8 cm³/mol. The lowest BCUT2D eigenvalue weighted by Crippen LogP contribution is -2.26. The van der Waals surface area contributed by atoms with E-state index in [0.717, 1.165) is 17.6 Å². The standard InChI is InChI=1S/C19H22N4O/c1-23-8-2-4-15(23)10-13-12-21-17-7-6-14(11-16(13)17)22-19(20)18-5-3-9-24-18/h3,5-7,9,11-12,15,21H,2,4,8,10H2,1H3,(H2,20,22)/t15-/m1/s1. The lowest BCUT2D eigenvalue weighted by molar-refractivity contribution is 0.310. The van der Waals surface area contributed by atoms with Crippen LogP contribution in [0.4, 0.5) is 5.69 Å². The van der Waals surface area contributed by atoms with Crippen LogP contribution in [0, 0.1) is 5.41 Å². The van der Waals surface area contributed by atoms with Crippen LogP contribution in [0.25, 0.3) is 10.9 Å². The number of benzene rings is 1. The van der Waals surface area contributed by atoms with Crippen molar-refractivity contribution in [3.8, 4) is 0 Å². The van der Waals surface area contributed by atoms with E-state index in [9.17, 15) is 0 Å². The Hall–Kier alpha value is -2.53. The van der Waals surface area contributed by atoms with Crippen LogP contribution in [-0.4, -0.2) is 35.4 Å². The Morgan fingerprint density at radius 3 is 3.08 bits per heavy atom. The minimum atomic E-state index is 0.270. The summed E-state index contributed by atoms with van der Waals surface area (Å²) >= 11 is 0. The van der Waals surface area contributed by atoms with Crippen LogP contribution in [0.2, 0.25) is 0 Å². The SMILES string of the molecule is CN1CCC[C@@H]1Cc1c[nH]c2ccc(NC(=N)c3ccco3)cc12. The summed E-state index contributed by atoms with van der Waals surface area (Å²) in [5, 5.41) is 12.4. The summed E-state index contributed by atoms with van der Waals surface area (Å²) in [6.07, 6.45) is 7.33. The molecule has 124 valence electrons. The third-order valence-corrected chi connectivity index (χ3v) is 4.93. The van der Waals surface area contributed by atoms with Gasteiger partial charge in [0.1, 0.15) is 0 Å². The molecular weight excluding hydrogens is 300 g/mol. The predicted octanol–water partition coefficient (Wildman–Crippen LogP) is 3.84. The second kappa shape index (κ2) is 6.17. The molecule has 0 aliphatic carbocycles. The van der Waals surface area contributed by atoms with Gasteiger partial charge in [-0.05, 0) is 68.8 Å². The monoisotopic (exact) mass is 322 g/mol. The molecule has 0 radical (unpaired) electrons. The fourth-order valence-electron chi connectivity index (χ4n) is 3.54. The zero-order valence-electron chi connectivity index (χ0n) is 13.8. The molecule has 1 saturated heterocycles. The van der Waals surface area contributed by atoms with Crippen molar-refractivity contribution in [2.45, 2.75) is 25.3 Å². The number of rotatable bonds is 4. The van der Waals surface area contributed by atoms with Gasteiger partial charge in [-0.3, -0.25) is 5.41 Å². The quantitative estimate of drug-likeness (QED) is 0.505. The van der Waals surface area contributed by atoms with E-state index in [-0.39, 0.29) is 5.84 Å². The van der Waals surface area contributed by atoms with Crippen molar-refractivity contribution in [2.24, 2.45) is 0 Å². The Balaban J connectivity index is 1.57. The fraction of sp³-hybridized carbons (Fsp3) is 0.316. The summed E-state index contributed by atoms with van der Waals surface area (Å²) in [4.78, 5) is 5.82. The number of hydrogen-bond donors (Lipinski definition) is 3. The molecule has 0 unspecified atom stereocenters. The van der Waals surface area contributed by atoms with E-state index >= 15 is 0 Å². The van der Waals surface area contributed by atoms with E-state index < -0.39 is 0 Å². The molecule has 1 fully saturated rings. The smallest absolute Gasteiger partial charge is 0.168 e. The normalized spacial score (nSPS) is 18.3. The highest BCUT2D eigenvalue weighted by atomic mass is 16.3. The number of nitrogens with one attached hydrogen (secondary N) is 3. The highest BCUT2D eigenvalue weighted by Gasteiger charge is 2.22. The second-order valence-electron chi connectivity index (χ2n) is 6.53. The van der Waals surface area contributed by atoms with Crippen LogP contribution in [-0.2, 0) is 6.42 Å². The van der Waals surface area contributed by atoms with Crippen molar-refractivity contribution in [3.63, 3.8) is 0 Å². The maximum absolute atomic E-state index is 8.10. The summed E-state index contributed by atoms with van der Waals surface area (Å²) in [5.74, 6) is 0.809. The Morgan fingerprint density at radius 2 is 2.33 bits per heavy atom. The van der Waals surface area contributed by atoms with E-state index in [1.807, 2.05) is 6.07 Å². The number of aromatic nitrogens is 1. The Kier molecular flexibility index (Phi) is 3.86. The fourth-order valence-corrected chi connectivity index (χ4v) is 3.54. The second-order valence-corrected chi connectivity index (χ2v) is 6.53. The molecule has 1 aliphatic rings. The van der Waals surface area contributed by atoms with Crippen molar-refractivity contribution in [1.82, 2.24) is 9.88 Å². The van der Waals surface area contributed by atoms with Crippen molar-refractivity contribution < 1.29 is 4.42 Å². The molecule has 4 rings (SSSR count). The molecule has 5 heteroatoms. The molecule has 0 spiro atoms. The van der Waals surface area contributed by atoms with Gasteiger partial charge in [0, 0.05) is 28.8 Å². The van der Waals surface area contributed by atoms with Gasteiger partial charge in [-0.25, -0.2) is 0 Å². The molecule has 3 heterocycles. The first kappa shape index (κ1) is 15.0. The number of fused-ring (bicyclic) bond motifs is 1. The summed E-state index contributed by atoms with van der Waals surface area (Å²) in [5.41, 5.74) is 3.39. The minimum absolute atomic E-state index is 0.270. The number of aromatic amines is 1. The number of H-pyrrole nitrogens is 1. The summed E-state index contributed by atoms with van der Waals surface area (Å²) in [6, 6.07) is 10.4. The van der Waals surface area contributed by atoms with Gasteiger partial charge in [-0.15, -0.1) is 0 Å². The highest BCUT2D eigenvalue weighted by Crippen LogP contribution is 2.27. The van der Waals surface area contributed by atoms with E-state index in [4.69, 9.17) is 9.83 Å². The van der Waals surface area contributed by atoms with Crippen LogP contribution in [0.3, 0.4) is 0 Å². The van der Waals surface area contributed by atoms with Crippen molar-refractivity contribution in [1.29, 1.82) is 5.41 Å². The summed E-state index contributed by atoms with van der Waals surface area (Å²) in [6.45, 7) is 1.19. The number of likely N-dealkylation sites (N-methyl/N-ethyl adjacent to an activating group) is 1. The Labute approximate surface area is 141 Å². The van der Waals surface area contributed by atoms with Gasteiger partial charge in [-0.1, -0.05) is 0 Å². The molecule has 2 aromatic heterocycles. The van der Waals surface area contributed by atoms with Gasteiger partial charge in [0.25, 0.3) is 0 Å². The minimum Gasteiger partial charge on any atom is -0.461 e. The maximum Gasteiger partial charge on any atom is 0.168 e. The number of amidine groups is 1. The van der Waals surface area contributed by atoms with Crippen LogP contribution in [0.15, 0.2) is 47.2 Å². The first-order valence-corrected chi connectivity index (χ1v) is 8.40. The lowest BCUT2D eigenvalue weighted by Gasteiger charge is -2.18. The number of likely N-dealkylation sites (tertiary alicyclic amines) is 1. The van der Waals surface area contributed by atoms with Gasteiger partial charge in [0.2, 0.25) is 0 Å². The number of anilines is 1. The zero-order chi connectivity index (χ0) is 16.5. The number of nitrogens with zero attached hydrogens (tertiary/aromatic N) is 1. The van der Waals surface area contributed by atoms with Gasteiger partial charge < -0.3 is 19.6 Å². The molecule has 3 aromatic rings. The summed E-state index contributed by atoms with van der Waals surface area (Å²) in [7, 11) is 2.21. The molecule has 1 aromatic carbocycles. The number of hydrogen-bond acceptors (Lipinski definition) is 3. The Bertz CT molecular complexity index is 850. The molecular formula is C19H22N4O. The highest BCUT2D eigenvalue weighted by molar-refractivity contribution is 6.05. The van der Waals surface area contributed by atoms with E-state index in [2.05, 4.69) is 40.6 Å². The van der Waals surface area contributed by atoms with Gasteiger partial charge >= 0.3 is 0 Å². The van der Waals surface area contributed by atoms with Crippen molar-refractivity contribution >= 4 is 22.4 Å². The first-order chi connectivity index (χ1) is 11.7. The first-order valence-electron chi connectivity index (χ1n) is 8.40. The van der Waals surface area contributed by atoms with Gasteiger partial charge in [0.05, 0.1) is 6.26 Å². The molecule has 0 bridgehead atoms. The zero-order valence-corrected chi connectivity index (χ0v) is 13.8. The number of furan rings is 1. The molecule has 24 heavy (non-hydrogen) atoms. The van der Waals surface area contributed by atoms with Gasteiger partial charge in [-0.2, -0.15) is 0 Å². The average molecular weight is 322 g/mol. The van der Waals surface area contributed by atoms with Crippen molar-refractivity contribution in [3.05, 3.63) is 54.1 Å². The van der Waals surface area contributed by atoms with Gasteiger partial charge in [0.15, 0.2) is 11.6 Å². The van der Waals surface area contributed by atoms with E-state index in [0.29, 0.717) is 11.8 Å². The molecule has 0 amide bonds. The molecule has 3 N–H and O–H groups in total. The molecule has 1 atom stereocenters.